The van der Waals surface area contributed by atoms with E-state index in [9.17, 15) is 0 Å². The Morgan fingerprint density at radius 1 is 1.47 bits per heavy atom. The lowest BCUT2D eigenvalue weighted by molar-refractivity contribution is 0.185. The van der Waals surface area contributed by atoms with Crippen molar-refractivity contribution in [2.45, 2.75) is 12.8 Å². The molecule has 3 N–H and O–H groups in total. The first-order valence-electron chi connectivity index (χ1n) is 5.65. The van der Waals surface area contributed by atoms with Gasteiger partial charge in [-0.15, -0.1) is 0 Å². The molecule has 1 saturated heterocycles. The molecule has 1 fully saturated rings. The number of nitrogen functional groups attached to an aromatic ring is 1. The molecule has 0 bridgehead atoms. The summed E-state index contributed by atoms with van der Waals surface area (Å²) in [5, 5.41) is 3.11. The molecule has 2 heterocycles. The Hall–Kier alpha value is -1.63. The lowest BCUT2D eigenvalue weighted by Gasteiger charge is -2.09. The number of hydrogen-bond donors (Lipinski definition) is 2. The Bertz CT molecular complexity index is 368. The maximum absolute atomic E-state index is 5.53. The zero-order valence-corrected chi connectivity index (χ0v) is 9.85. The highest BCUT2D eigenvalue weighted by Gasteiger charge is 2.15. The monoisotopic (exact) mass is 239 g/mol. The Kier molecular flexibility index (Phi) is 3.92. The molecule has 7 nitrogen and oxygen atoms in total. The summed E-state index contributed by atoms with van der Waals surface area (Å²) in [5.41, 5.74) is 5.53. The molecule has 1 unspecified atom stereocenters. The second-order valence-corrected chi connectivity index (χ2v) is 3.95. The fourth-order valence-electron chi connectivity index (χ4n) is 1.74. The molecular formula is C10H17N5O2. The lowest BCUT2D eigenvalue weighted by atomic mass is 10.1. The molecule has 0 amide bonds. The third kappa shape index (κ3) is 3.42. The van der Waals surface area contributed by atoms with Crippen LogP contribution in [0.2, 0.25) is 0 Å². The van der Waals surface area contributed by atoms with Crippen LogP contribution >= 0.6 is 0 Å². The summed E-state index contributed by atoms with van der Waals surface area (Å²) in [5.74, 6) is 1.24. The molecular weight excluding hydrogens is 222 g/mol. The van der Waals surface area contributed by atoms with E-state index in [4.69, 9.17) is 15.2 Å². The average molecular weight is 239 g/mol. The van der Waals surface area contributed by atoms with Crippen molar-refractivity contribution in [3.05, 3.63) is 0 Å². The minimum atomic E-state index is 0.156. The molecule has 1 atom stereocenters. The number of methoxy groups -OCH3 is 1. The second kappa shape index (κ2) is 5.62. The summed E-state index contributed by atoms with van der Waals surface area (Å²) in [6.45, 7) is 2.52. The Morgan fingerprint density at radius 3 is 3.06 bits per heavy atom. The van der Waals surface area contributed by atoms with Crippen LogP contribution in [-0.4, -0.2) is 41.8 Å². The van der Waals surface area contributed by atoms with Gasteiger partial charge in [0.15, 0.2) is 0 Å². The van der Waals surface area contributed by atoms with Gasteiger partial charge in [0.1, 0.15) is 0 Å². The number of aromatic nitrogens is 3. The third-order valence-corrected chi connectivity index (χ3v) is 2.67. The molecule has 0 spiro atoms. The average Bonchev–Trinajstić information content (AvgIpc) is 2.81. The minimum absolute atomic E-state index is 0.156. The normalized spacial score (nSPS) is 19.2. The first-order valence-corrected chi connectivity index (χ1v) is 5.65. The summed E-state index contributed by atoms with van der Waals surface area (Å²) in [7, 11) is 1.49. The van der Waals surface area contributed by atoms with Crippen molar-refractivity contribution >= 4 is 11.9 Å². The molecule has 17 heavy (non-hydrogen) atoms. The summed E-state index contributed by atoms with van der Waals surface area (Å²) in [6, 6.07) is 0.226. The number of anilines is 2. The predicted octanol–water partition coefficient (Wildman–Crippen LogP) is 0.301. The van der Waals surface area contributed by atoms with Crippen molar-refractivity contribution in [3.8, 4) is 6.01 Å². The number of hydrogen-bond acceptors (Lipinski definition) is 7. The summed E-state index contributed by atoms with van der Waals surface area (Å²) < 4.78 is 10.2. The van der Waals surface area contributed by atoms with Gasteiger partial charge < -0.3 is 20.5 Å². The first kappa shape index (κ1) is 11.8. The van der Waals surface area contributed by atoms with Crippen LogP contribution in [0.5, 0.6) is 6.01 Å². The Labute approximate surface area is 99.8 Å². The van der Waals surface area contributed by atoms with E-state index >= 15 is 0 Å². The Balaban J connectivity index is 1.83. The lowest BCUT2D eigenvalue weighted by Crippen LogP contribution is -2.12. The highest BCUT2D eigenvalue weighted by Crippen LogP contribution is 2.16. The maximum Gasteiger partial charge on any atom is 0.322 e. The molecule has 1 aromatic heterocycles. The van der Waals surface area contributed by atoms with E-state index in [1.807, 2.05) is 0 Å². The predicted molar refractivity (Wildman–Crippen MR) is 62.8 cm³/mol. The molecule has 0 aromatic carbocycles. The quantitative estimate of drug-likeness (QED) is 0.763. The summed E-state index contributed by atoms with van der Waals surface area (Å²) in [4.78, 5) is 11.8. The van der Waals surface area contributed by atoms with Crippen LogP contribution in [0.3, 0.4) is 0 Å². The molecule has 0 saturated carbocycles. The fraction of sp³-hybridized carbons (Fsp3) is 0.700. The van der Waals surface area contributed by atoms with Crippen LogP contribution in [-0.2, 0) is 4.74 Å². The van der Waals surface area contributed by atoms with Crippen molar-refractivity contribution in [2.24, 2.45) is 5.92 Å². The van der Waals surface area contributed by atoms with Gasteiger partial charge in [-0.1, -0.05) is 0 Å². The highest BCUT2D eigenvalue weighted by atomic mass is 16.5. The zero-order chi connectivity index (χ0) is 12.1. The summed E-state index contributed by atoms with van der Waals surface area (Å²) >= 11 is 0. The third-order valence-electron chi connectivity index (χ3n) is 2.67. The SMILES string of the molecule is COc1nc(N)nc(NCCC2CCOC2)n1. The van der Waals surface area contributed by atoms with Gasteiger partial charge in [-0.3, -0.25) is 0 Å². The molecule has 2 rings (SSSR count). The standard InChI is InChI=1S/C10H17N5O2/c1-16-10-14-8(11)13-9(15-10)12-4-2-7-3-5-17-6-7/h7H,2-6H2,1H3,(H3,11,12,13,14,15). The Morgan fingerprint density at radius 2 is 2.35 bits per heavy atom. The first-order chi connectivity index (χ1) is 8.28. The van der Waals surface area contributed by atoms with Gasteiger partial charge in [-0.05, 0) is 18.8 Å². The van der Waals surface area contributed by atoms with Crippen molar-refractivity contribution in [1.29, 1.82) is 0 Å². The van der Waals surface area contributed by atoms with E-state index < -0.39 is 0 Å². The van der Waals surface area contributed by atoms with E-state index in [-0.39, 0.29) is 12.0 Å². The number of rotatable bonds is 5. The molecule has 0 aliphatic carbocycles. The van der Waals surface area contributed by atoms with E-state index in [0.29, 0.717) is 11.9 Å². The zero-order valence-electron chi connectivity index (χ0n) is 9.85. The van der Waals surface area contributed by atoms with E-state index in [1.54, 1.807) is 0 Å². The van der Waals surface area contributed by atoms with Gasteiger partial charge in [0.25, 0.3) is 0 Å². The smallest absolute Gasteiger partial charge is 0.322 e. The van der Waals surface area contributed by atoms with Gasteiger partial charge >= 0.3 is 6.01 Å². The van der Waals surface area contributed by atoms with Gasteiger partial charge in [0, 0.05) is 19.8 Å². The van der Waals surface area contributed by atoms with Crippen LogP contribution < -0.4 is 15.8 Å². The molecule has 1 aliphatic rings. The van der Waals surface area contributed by atoms with E-state index in [0.717, 1.165) is 32.6 Å². The molecule has 7 heteroatoms. The number of nitrogens with zero attached hydrogens (tertiary/aromatic N) is 3. The van der Waals surface area contributed by atoms with Gasteiger partial charge in [-0.25, -0.2) is 0 Å². The van der Waals surface area contributed by atoms with Crippen molar-refractivity contribution in [2.75, 3.05) is 37.9 Å². The molecule has 1 aromatic rings. The van der Waals surface area contributed by atoms with Crippen LogP contribution in [0.15, 0.2) is 0 Å². The maximum atomic E-state index is 5.53. The van der Waals surface area contributed by atoms with Gasteiger partial charge in [-0.2, -0.15) is 15.0 Å². The van der Waals surface area contributed by atoms with Crippen LogP contribution in [0, 0.1) is 5.92 Å². The van der Waals surface area contributed by atoms with Crippen LogP contribution in [0.25, 0.3) is 0 Å². The van der Waals surface area contributed by atoms with E-state index in [2.05, 4.69) is 20.3 Å². The van der Waals surface area contributed by atoms with Crippen molar-refractivity contribution in [3.63, 3.8) is 0 Å². The fourth-order valence-corrected chi connectivity index (χ4v) is 1.74. The second-order valence-electron chi connectivity index (χ2n) is 3.95. The van der Waals surface area contributed by atoms with Crippen LogP contribution in [0.1, 0.15) is 12.8 Å². The number of ether oxygens (including phenoxy) is 2. The minimum Gasteiger partial charge on any atom is -0.467 e. The highest BCUT2D eigenvalue weighted by molar-refractivity contribution is 5.32. The molecule has 0 radical (unpaired) electrons. The number of nitrogens with one attached hydrogen (secondary N) is 1. The van der Waals surface area contributed by atoms with E-state index in [1.165, 1.54) is 7.11 Å². The number of nitrogens with two attached hydrogens (primary N) is 1. The molecule has 1 aliphatic heterocycles. The van der Waals surface area contributed by atoms with Crippen LogP contribution in [0.4, 0.5) is 11.9 Å². The largest absolute Gasteiger partial charge is 0.467 e. The topological polar surface area (TPSA) is 95.2 Å². The summed E-state index contributed by atoms with van der Waals surface area (Å²) in [6.07, 6.45) is 2.16. The van der Waals surface area contributed by atoms with Crippen molar-refractivity contribution in [1.82, 2.24) is 15.0 Å². The van der Waals surface area contributed by atoms with Crippen molar-refractivity contribution < 1.29 is 9.47 Å². The van der Waals surface area contributed by atoms with Gasteiger partial charge in [0.2, 0.25) is 11.9 Å². The van der Waals surface area contributed by atoms with Gasteiger partial charge in [0.05, 0.1) is 7.11 Å². The molecule has 94 valence electrons.